The van der Waals surface area contributed by atoms with E-state index >= 15 is 0 Å². The number of aromatic nitrogens is 3. The summed E-state index contributed by atoms with van der Waals surface area (Å²) in [5.41, 5.74) is 1.02. The molecule has 0 saturated carbocycles. The standard InChI is InChI=1S/C16H22N4O2S/c1-17-9-15-18-19-16(23-11-12-6-7-22-10-12)20(15)13-4-3-5-14(8-13)21-2/h3-5,8,12,17H,6-7,9-11H2,1-2H3. The molecule has 0 radical (unpaired) electrons. The Kier molecular flexibility index (Phi) is 5.53. The molecule has 0 amide bonds. The number of benzene rings is 1. The Balaban J connectivity index is 1.86. The fourth-order valence-corrected chi connectivity index (χ4v) is 3.67. The first-order chi connectivity index (χ1) is 11.3. The van der Waals surface area contributed by atoms with E-state index in [1.54, 1.807) is 18.9 Å². The molecule has 1 aliphatic rings. The molecule has 1 saturated heterocycles. The summed E-state index contributed by atoms with van der Waals surface area (Å²) in [6.45, 7) is 2.39. The van der Waals surface area contributed by atoms with Crippen LogP contribution in [-0.2, 0) is 11.3 Å². The van der Waals surface area contributed by atoms with Gasteiger partial charge in [0.2, 0.25) is 0 Å². The van der Waals surface area contributed by atoms with Gasteiger partial charge in [-0.1, -0.05) is 17.8 Å². The quantitative estimate of drug-likeness (QED) is 0.783. The van der Waals surface area contributed by atoms with E-state index in [4.69, 9.17) is 9.47 Å². The third-order valence-corrected chi connectivity index (χ3v) is 4.98. The lowest BCUT2D eigenvalue weighted by Crippen LogP contribution is -2.12. The van der Waals surface area contributed by atoms with Gasteiger partial charge in [-0.05, 0) is 31.5 Å². The summed E-state index contributed by atoms with van der Waals surface area (Å²) >= 11 is 1.74. The molecule has 1 aliphatic heterocycles. The summed E-state index contributed by atoms with van der Waals surface area (Å²) in [6.07, 6.45) is 1.13. The highest BCUT2D eigenvalue weighted by Crippen LogP contribution is 2.27. The van der Waals surface area contributed by atoms with E-state index in [9.17, 15) is 0 Å². The monoisotopic (exact) mass is 334 g/mol. The molecule has 1 N–H and O–H groups in total. The van der Waals surface area contributed by atoms with Gasteiger partial charge in [0.25, 0.3) is 0 Å². The normalized spacial score (nSPS) is 17.6. The van der Waals surface area contributed by atoms with Crippen LogP contribution in [0, 0.1) is 5.92 Å². The topological polar surface area (TPSA) is 61.2 Å². The van der Waals surface area contributed by atoms with Crippen molar-refractivity contribution in [3.05, 3.63) is 30.1 Å². The molecule has 1 aromatic heterocycles. The molecule has 1 atom stereocenters. The smallest absolute Gasteiger partial charge is 0.195 e. The van der Waals surface area contributed by atoms with Crippen molar-refractivity contribution in [1.82, 2.24) is 20.1 Å². The van der Waals surface area contributed by atoms with Gasteiger partial charge in [0.1, 0.15) is 5.75 Å². The van der Waals surface area contributed by atoms with E-state index < -0.39 is 0 Å². The molecule has 2 aromatic rings. The number of ether oxygens (including phenoxy) is 2. The van der Waals surface area contributed by atoms with Crippen LogP contribution in [0.1, 0.15) is 12.2 Å². The first kappa shape index (κ1) is 16.3. The highest BCUT2D eigenvalue weighted by atomic mass is 32.2. The van der Waals surface area contributed by atoms with Crippen LogP contribution in [0.2, 0.25) is 0 Å². The lowest BCUT2D eigenvalue weighted by atomic mass is 10.2. The third kappa shape index (κ3) is 3.85. The number of hydrogen-bond acceptors (Lipinski definition) is 6. The molecule has 1 fully saturated rings. The lowest BCUT2D eigenvalue weighted by Gasteiger charge is -2.12. The maximum absolute atomic E-state index is 5.45. The van der Waals surface area contributed by atoms with Crippen LogP contribution in [-0.4, -0.2) is 47.9 Å². The molecular formula is C16H22N4O2S. The average Bonchev–Trinajstić information content (AvgIpc) is 3.23. The minimum atomic E-state index is 0.600. The zero-order valence-electron chi connectivity index (χ0n) is 13.5. The number of hydrogen-bond donors (Lipinski definition) is 1. The summed E-state index contributed by atoms with van der Waals surface area (Å²) in [6, 6.07) is 7.98. The molecule has 0 aliphatic carbocycles. The van der Waals surface area contributed by atoms with Gasteiger partial charge in [0.05, 0.1) is 25.9 Å². The van der Waals surface area contributed by atoms with Crippen LogP contribution in [0.25, 0.3) is 5.69 Å². The van der Waals surface area contributed by atoms with Gasteiger partial charge in [0, 0.05) is 18.4 Å². The van der Waals surface area contributed by atoms with Gasteiger partial charge >= 0.3 is 0 Å². The molecule has 2 heterocycles. The Hall–Kier alpha value is -1.57. The highest BCUT2D eigenvalue weighted by molar-refractivity contribution is 7.99. The molecule has 3 rings (SSSR count). The Morgan fingerprint density at radius 1 is 1.43 bits per heavy atom. The first-order valence-electron chi connectivity index (χ1n) is 7.75. The van der Waals surface area contributed by atoms with Crippen LogP contribution in [0.5, 0.6) is 5.75 Å². The Bertz CT molecular complexity index is 641. The summed E-state index contributed by atoms with van der Waals surface area (Å²) in [5, 5.41) is 12.8. The Morgan fingerprint density at radius 3 is 3.09 bits per heavy atom. The Labute approximate surface area is 140 Å². The number of nitrogens with one attached hydrogen (secondary N) is 1. The fourth-order valence-electron chi connectivity index (χ4n) is 2.58. The van der Waals surface area contributed by atoms with Gasteiger partial charge in [0.15, 0.2) is 11.0 Å². The number of nitrogens with zero attached hydrogens (tertiary/aromatic N) is 3. The highest BCUT2D eigenvalue weighted by Gasteiger charge is 2.19. The molecule has 23 heavy (non-hydrogen) atoms. The zero-order chi connectivity index (χ0) is 16.1. The minimum absolute atomic E-state index is 0.600. The van der Waals surface area contributed by atoms with E-state index in [2.05, 4.69) is 20.1 Å². The SMILES string of the molecule is CNCc1nnc(SCC2CCOC2)n1-c1cccc(OC)c1. The van der Waals surface area contributed by atoms with E-state index in [1.807, 2.05) is 31.3 Å². The van der Waals surface area contributed by atoms with Crippen molar-refractivity contribution in [1.29, 1.82) is 0 Å². The van der Waals surface area contributed by atoms with Gasteiger partial charge in [-0.15, -0.1) is 10.2 Å². The van der Waals surface area contributed by atoms with Crippen molar-refractivity contribution in [2.75, 3.05) is 33.1 Å². The third-order valence-electron chi connectivity index (χ3n) is 3.82. The average molecular weight is 334 g/mol. The summed E-state index contributed by atoms with van der Waals surface area (Å²) in [7, 11) is 3.59. The fraction of sp³-hybridized carbons (Fsp3) is 0.500. The number of methoxy groups -OCH3 is 1. The summed E-state index contributed by atoms with van der Waals surface area (Å²) < 4.78 is 12.9. The van der Waals surface area contributed by atoms with Crippen LogP contribution >= 0.6 is 11.8 Å². The first-order valence-corrected chi connectivity index (χ1v) is 8.74. The lowest BCUT2D eigenvalue weighted by molar-refractivity contribution is 0.189. The molecule has 1 aromatic carbocycles. The predicted octanol–water partition coefficient (Wildman–Crippen LogP) is 2.12. The van der Waals surface area contributed by atoms with Crippen LogP contribution in [0.4, 0.5) is 0 Å². The predicted molar refractivity (Wildman–Crippen MR) is 90.3 cm³/mol. The maximum Gasteiger partial charge on any atom is 0.195 e. The second-order valence-electron chi connectivity index (χ2n) is 5.51. The van der Waals surface area contributed by atoms with E-state index in [1.165, 1.54) is 0 Å². The molecule has 6 nitrogen and oxygen atoms in total. The number of thioether (sulfide) groups is 1. The van der Waals surface area contributed by atoms with Crippen molar-refractivity contribution < 1.29 is 9.47 Å². The van der Waals surface area contributed by atoms with Crippen molar-refractivity contribution in [2.45, 2.75) is 18.1 Å². The molecule has 124 valence electrons. The zero-order valence-corrected chi connectivity index (χ0v) is 14.3. The number of rotatable bonds is 7. The molecule has 7 heteroatoms. The maximum atomic E-state index is 5.45. The van der Waals surface area contributed by atoms with E-state index in [0.717, 1.165) is 47.8 Å². The summed E-state index contributed by atoms with van der Waals surface area (Å²) in [5.74, 6) is 3.32. The van der Waals surface area contributed by atoms with Crippen molar-refractivity contribution in [3.63, 3.8) is 0 Å². The summed E-state index contributed by atoms with van der Waals surface area (Å²) in [4.78, 5) is 0. The Morgan fingerprint density at radius 2 is 2.35 bits per heavy atom. The van der Waals surface area contributed by atoms with E-state index in [0.29, 0.717) is 12.5 Å². The molecule has 0 spiro atoms. The second kappa shape index (κ2) is 7.81. The van der Waals surface area contributed by atoms with Gasteiger partial charge in [-0.25, -0.2) is 0 Å². The van der Waals surface area contributed by atoms with Crippen LogP contribution in [0.15, 0.2) is 29.4 Å². The molecule has 0 bridgehead atoms. The van der Waals surface area contributed by atoms with Gasteiger partial charge in [-0.2, -0.15) is 0 Å². The van der Waals surface area contributed by atoms with Crippen molar-refractivity contribution in [2.24, 2.45) is 5.92 Å². The van der Waals surface area contributed by atoms with Crippen LogP contribution < -0.4 is 10.1 Å². The largest absolute Gasteiger partial charge is 0.497 e. The minimum Gasteiger partial charge on any atom is -0.497 e. The second-order valence-corrected chi connectivity index (χ2v) is 6.49. The molecular weight excluding hydrogens is 312 g/mol. The molecule has 1 unspecified atom stereocenters. The van der Waals surface area contributed by atoms with Gasteiger partial charge < -0.3 is 14.8 Å². The van der Waals surface area contributed by atoms with Crippen LogP contribution in [0.3, 0.4) is 0 Å². The van der Waals surface area contributed by atoms with Gasteiger partial charge in [-0.3, -0.25) is 4.57 Å². The van der Waals surface area contributed by atoms with E-state index in [-0.39, 0.29) is 0 Å². The van der Waals surface area contributed by atoms with Crippen molar-refractivity contribution >= 4 is 11.8 Å². The van der Waals surface area contributed by atoms with Crippen molar-refractivity contribution in [3.8, 4) is 11.4 Å².